The van der Waals surface area contributed by atoms with Gasteiger partial charge >= 0.3 is 5.97 Å². The van der Waals surface area contributed by atoms with E-state index in [-0.39, 0.29) is 16.1 Å². The zero-order valence-electron chi connectivity index (χ0n) is 9.86. The van der Waals surface area contributed by atoms with Crippen molar-refractivity contribution < 1.29 is 14.3 Å². The number of rotatable bonds is 3. The summed E-state index contributed by atoms with van der Waals surface area (Å²) in [6, 6.07) is 6.92. The van der Waals surface area contributed by atoms with Gasteiger partial charge in [-0.1, -0.05) is 35.0 Å². The monoisotopic (exact) mass is 331 g/mol. The Kier molecular flexibility index (Phi) is 4.42. The van der Waals surface area contributed by atoms with Crippen LogP contribution in [0.1, 0.15) is 10.4 Å². The molecule has 0 amide bonds. The maximum absolute atomic E-state index is 13.8. The van der Waals surface area contributed by atoms with Crippen LogP contribution in [0, 0.1) is 5.82 Å². The fraction of sp³-hybridized carbons (Fsp3) is 0. The lowest BCUT2D eigenvalue weighted by Crippen LogP contribution is -2.03. The van der Waals surface area contributed by atoms with Gasteiger partial charge in [-0.3, -0.25) is 0 Å². The van der Waals surface area contributed by atoms with Crippen LogP contribution in [0.3, 0.4) is 0 Å². The fourth-order valence-electron chi connectivity index (χ4n) is 1.51. The molecule has 0 bridgehead atoms. The lowest BCUT2D eigenvalue weighted by molar-refractivity contribution is 0.0697. The molecule has 2 aromatic carbocycles. The second kappa shape index (κ2) is 5.91. The predicted molar refractivity (Wildman–Crippen MR) is 78.4 cm³/mol. The topological polar surface area (TPSA) is 63.3 Å². The minimum atomic E-state index is -1.22. The van der Waals surface area contributed by atoms with E-state index < -0.39 is 11.8 Å². The molecular formula is C13H8Cl2FNO2S. The third-order valence-electron chi connectivity index (χ3n) is 2.45. The second-order valence-electron chi connectivity index (χ2n) is 3.85. The van der Waals surface area contributed by atoms with E-state index in [1.54, 1.807) is 18.2 Å². The van der Waals surface area contributed by atoms with Gasteiger partial charge in [-0.15, -0.1) is 0 Å². The first-order valence-corrected chi connectivity index (χ1v) is 6.91. The zero-order chi connectivity index (χ0) is 14.9. The highest BCUT2D eigenvalue weighted by molar-refractivity contribution is 7.99. The summed E-state index contributed by atoms with van der Waals surface area (Å²) in [5, 5.41) is 9.83. The van der Waals surface area contributed by atoms with Crippen molar-refractivity contribution in [1.29, 1.82) is 0 Å². The van der Waals surface area contributed by atoms with Crippen LogP contribution in [0.25, 0.3) is 0 Å². The summed E-state index contributed by atoms with van der Waals surface area (Å²) in [6.07, 6.45) is 0. The SMILES string of the molecule is Nc1cc(F)c(Sc2cc(Cl)ccc2Cl)cc1C(=O)O. The smallest absolute Gasteiger partial charge is 0.337 e. The Morgan fingerprint density at radius 2 is 1.90 bits per heavy atom. The van der Waals surface area contributed by atoms with Crippen LogP contribution in [0.2, 0.25) is 10.0 Å². The molecule has 0 unspecified atom stereocenters. The van der Waals surface area contributed by atoms with E-state index in [1.807, 2.05) is 0 Å². The molecule has 0 radical (unpaired) electrons. The van der Waals surface area contributed by atoms with Gasteiger partial charge in [-0.2, -0.15) is 0 Å². The van der Waals surface area contributed by atoms with Gasteiger partial charge < -0.3 is 10.8 Å². The van der Waals surface area contributed by atoms with E-state index >= 15 is 0 Å². The third kappa shape index (κ3) is 3.17. The van der Waals surface area contributed by atoms with Crippen LogP contribution >= 0.6 is 35.0 Å². The van der Waals surface area contributed by atoms with Crippen molar-refractivity contribution in [2.24, 2.45) is 0 Å². The zero-order valence-corrected chi connectivity index (χ0v) is 12.2. The minimum absolute atomic E-state index is 0.112. The maximum atomic E-state index is 13.8. The highest BCUT2D eigenvalue weighted by atomic mass is 35.5. The van der Waals surface area contributed by atoms with Crippen LogP contribution in [0.5, 0.6) is 0 Å². The van der Waals surface area contributed by atoms with Gasteiger partial charge in [-0.25, -0.2) is 9.18 Å². The normalized spacial score (nSPS) is 10.6. The molecule has 0 aliphatic heterocycles. The number of aromatic carboxylic acids is 1. The number of hydrogen-bond acceptors (Lipinski definition) is 3. The van der Waals surface area contributed by atoms with Crippen molar-refractivity contribution in [3.63, 3.8) is 0 Å². The van der Waals surface area contributed by atoms with Gasteiger partial charge in [0.15, 0.2) is 0 Å². The summed E-state index contributed by atoms with van der Waals surface area (Å²) < 4.78 is 13.8. The number of carboxylic acids is 1. The number of benzene rings is 2. The van der Waals surface area contributed by atoms with Crippen LogP contribution < -0.4 is 5.73 Å². The van der Waals surface area contributed by atoms with E-state index in [0.29, 0.717) is 14.9 Å². The Hall–Kier alpha value is -1.43. The molecule has 20 heavy (non-hydrogen) atoms. The Balaban J connectivity index is 2.45. The molecule has 3 N–H and O–H groups in total. The van der Waals surface area contributed by atoms with E-state index in [4.69, 9.17) is 34.0 Å². The maximum Gasteiger partial charge on any atom is 0.337 e. The standard InChI is InChI=1S/C13H8Cl2FNO2S/c14-6-1-2-8(15)11(3-6)20-12-4-7(13(18)19)10(17)5-9(12)16/h1-5H,17H2,(H,18,19). The van der Waals surface area contributed by atoms with Gasteiger partial charge in [-0.05, 0) is 30.3 Å². The van der Waals surface area contributed by atoms with Crippen molar-refractivity contribution in [1.82, 2.24) is 0 Å². The minimum Gasteiger partial charge on any atom is -0.478 e. The first-order chi connectivity index (χ1) is 9.38. The molecule has 0 aliphatic carbocycles. The molecule has 0 atom stereocenters. The molecule has 0 aliphatic rings. The Morgan fingerprint density at radius 3 is 2.55 bits per heavy atom. The molecule has 2 aromatic rings. The third-order valence-corrected chi connectivity index (χ3v) is 4.21. The van der Waals surface area contributed by atoms with Crippen molar-refractivity contribution in [2.75, 3.05) is 5.73 Å². The van der Waals surface area contributed by atoms with Gasteiger partial charge in [0.05, 0.1) is 10.6 Å². The lowest BCUT2D eigenvalue weighted by atomic mass is 10.2. The summed E-state index contributed by atoms with van der Waals surface area (Å²) in [7, 11) is 0. The van der Waals surface area contributed by atoms with Crippen LogP contribution in [0.15, 0.2) is 40.1 Å². The average Bonchev–Trinajstić information content (AvgIpc) is 2.36. The molecule has 0 fully saturated rings. The molecular weight excluding hydrogens is 324 g/mol. The highest BCUT2D eigenvalue weighted by Crippen LogP contribution is 2.37. The fourth-order valence-corrected chi connectivity index (χ4v) is 2.90. The van der Waals surface area contributed by atoms with E-state index in [2.05, 4.69) is 0 Å². The quantitative estimate of drug-likeness (QED) is 0.809. The molecule has 0 saturated heterocycles. The molecule has 0 aromatic heterocycles. The van der Waals surface area contributed by atoms with Crippen molar-refractivity contribution in [2.45, 2.75) is 9.79 Å². The van der Waals surface area contributed by atoms with E-state index in [0.717, 1.165) is 17.8 Å². The van der Waals surface area contributed by atoms with Crippen molar-refractivity contribution in [3.8, 4) is 0 Å². The Morgan fingerprint density at radius 1 is 1.20 bits per heavy atom. The molecule has 104 valence electrons. The lowest BCUT2D eigenvalue weighted by Gasteiger charge is -2.08. The van der Waals surface area contributed by atoms with Gasteiger partial charge in [0.1, 0.15) is 5.82 Å². The summed E-state index contributed by atoms with van der Waals surface area (Å²) in [5.41, 5.74) is 5.17. The first kappa shape index (κ1) is 15.0. The van der Waals surface area contributed by atoms with Gasteiger partial charge in [0.25, 0.3) is 0 Å². The van der Waals surface area contributed by atoms with E-state index in [1.165, 1.54) is 6.07 Å². The molecule has 0 heterocycles. The number of nitrogen functional groups attached to an aromatic ring is 1. The first-order valence-electron chi connectivity index (χ1n) is 5.33. The van der Waals surface area contributed by atoms with Crippen molar-refractivity contribution in [3.05, 3.63) is 51.8 Å². The van der Waals surface area contributed by atoms with E-state index in [9.17, 15) is 9.18 Å². The average molecular weight is 332 g/mol. The molecule has 0 saturated carbocycles. The molecule has 7 heteroatoms. The summed E-state index contributed by atoms with van der Waals surface area (Å²) >= 11 is 12.8. The Bertz CT molecular complexity index is 694. The predicted octanol–water partition coefficient (Wildman–Crippen LogP) is 4.56. The largest absolute Gasteiger partial charge is 0.478 e. The van der Waals surface area contributed by atoms with Crippen LogP contribution in [-0.4, -0.2) is 11.1 Å². The summed E-state index contributed by atoms with van der Waals surface area (Å²) in [6.45, 7) is 0. The molecule has 0 spiro atoms. The van der Waals surface area contributed by atoms with Crippen molar-refractivity contribution >= 4 is 46.6 Å². The summed E-state index contributed by atoms with van der Waals surface area (Å²) in [4.78, 5) is 11.6. The second-order valence-corrected chi connectivity index (χ2v) is 5.78. The number of hydrogen-bond donors (Lipinski definition) is 2. The summed E-state index contributed by atoms with van der Waals surface area (Å²) in [5.74, 6) is -1.84. The molecule has 3 nitrogen and oxygen atoms in total. The van der Waals surface area contributed by atoms with Gasteiger partial charge in [0.2, 0.25) is 0 Å². The van der Waals surface area contributed by atoms with Gasteiger partial charge in [0, 0.05) is 20.5 Å². The van der Waals surface area contributed by atoms with Crippen LogP contribution in [0.4, 0.5) is 10.1 Å². The number of halogens is 3. The highest BCUT2D eigenvalue weighted by Gasteiger charge is 2.15. The Labute approximate surface area is 128 Å². The number of carboxylic acid groups (broad SMARTS) is 1. The van der Waals surface area contributed by atoms with Crippen LogP contribution in [-0.2, 0) is 0 Å². The number of nitrogens with two attached hydrogens (primary N) is 1. The number of anilines is 1. The number of carbonyl (C=O) groups is 1. The molecule has 2 rings (SSSR count).